The van der Waals surface area contributed by atoms with Crippen LogP contribution in [0.4, 0.5) is 0 Å². The number of hydrogen-bond donors (Lipinski definition) is 0. The van der Waals surface area contributed by atoms with Crippen LogP contribution in [0.1, 0.15) is 22.3 Å². The molecule has 3 rings (SSSR count). The van der Waals surface area contributed by atoms with Crippen LogP contribution < -0.4 is 4.74 Å². The highest BCUT2D eigenvalue weighted by atomic mass is 16.5. The first kappa shape index (κ1) is 15.9. The summed E-state index contributed by atoms with van der Waals surface area (Å²) in [6.07, 6.45) is 6.66. The highest BCUT2D eigenvalue weighted by Crippen LogP contribution is 2.26. The summed E-state index contributed by atoms with van der Waals surface area (Å²) in [5.41, 5.74) is 2.28. The van der Waals surface area contributed by atoms with Crippen molar-refractivity contribution in [1.82, 2.24) is 9.97 Å². The third kappa shape index (κ3) is 3.51. The number of pyridine rings is 2. The fourth-order valence-corrected chi connectivity index (χ4v) is 2.55. The molecular weight excluding hydrogens is 304 g/mol. The topological polar surface area (TPSA) is 61.3 Å². The summed E-state index contributed by atoms with van der Waals surface area (Å²) in [6, 6.07) is 11.3. The van der Waals surface area contributed by atoms with Gasteiger partial charge in [0.2, 0.25) is 0 Å². The molecule has 5 heteroatoms. The Balaban J connectivity index is 1.69. The van der Waals surface area contributed by atoms with Gasteiger partial charge in [-0.2, -0.15) is 0 Å². The summed E-state index contributed by atoms with van der Waals surface area (Å²) in [5, 5.41) is 0.731. The molecule has 1 aromatic carbocycles. The molecule has 2 aromatic heterocycles. The van der Waals surface area contributed by atoms with E-state index in [9.17, 15) is 4.79 Å². The predicted molar refractivity (Wildman–Crippen MR) is 91.1 cm³/mol. The van der Waals surface area contributed by atoms with E-state index in [0.717, 1.165) is 29.3 Å². The second kappa shape index (κ2) is 7.55. The first-order valence-corrected chi connectivity index (χ1v) is 7.77. The van der Waals surface area contributed by atoms with Gasteiger partial charge in [-0.15, -0.1) is 0 Å². The SMILES string of the molecule is COc1cnc2ccccc2c1C(=O)OCCCc1cccnc1. The molecule has 0 N–H and O–H groups in total. The zero-order valence-electron chi connectivity index (χ0n) is 13.4. The van der Waals surface area contributed by atoms with Gasteiger partial charge in [0.15, 0.2) is 5.75 Å². The van der Waals surface area contributed by atoms with E-state index in [1.807, 2.05) is 42.6 Å². The summed E-state index contributed by atoms with van der Waals surface area (Å²) in [5.74, 6) is 0.0302. The summed E-state index contributed by atoms with van der Waals surface area (Å²) in [6.45, 7) is 0.341. The van der Waals surface area contributed by atoms with Crippen molar-refractivity contribution >= 4 is 16.9 Å². The maximum absolute atomic E-state index is 12.5. The van der Waals surface area contributed by atoms with Crippen LogP contribution in [0.2, 0.25) is 0 Å². The highest BCUT2D eigenvalue weighted by molar-refractivity contribution is 6.05. The number of benzene rings is 1. The van der Waals surface area contributed by atoms with Crippen LogP contribution in [0.15, 0.2) is 55.0 Å². The lowest BCUT2D eigenvalue weighted by molar-refractivity contribution is 0.0499. The lowest BCUT2D eigenvalue weighted by Gasteiger charge is -2.11. The van der Waals surface area contributed by atoms with Crippen molar-refractivity contribution in [2.75, 3.05) is 13.7 Å². The average molecular weight is 322 g/mol. The molecule has 0 saturated carbocycles. The summed E-state index contributed by atoms with van der Waals surface area (Å²) >= 11 is 0. The summed E-state index contributed by atoms with van der Waals surface area (Å²) < 4.78 is 10.7. The number of nitrogens with zero attached hydrogens (tertiary/aromatic N) is 2. The second-order valence-corrected chi connectivity index (χ2v) is 5.32. The van der Waals surface area contributed by atoms with E-state index >= 15 is 0 Å². The van der Waals surface area contributed by atoms with E-state index in [1.54, 1.807) is 12.4 Å². The molecule has 3 aromatic rings. The van der Waals surface area contributed by atoms with E-state index in [1.165, 1.54) is 7.11 Å². The van der Waals surface area contributed by atoms with Crippen LogP contribution in [0.3, 0.4) is 0 Å². The number of fused-ring (bicyclic) bond motifs is 1. The zero-order chi connectivity index (χ0) is 16.8. The number of carbonyl (C=O) groups is 1. The number of carbonyl (C=O) groups excluding carboxylic acids is 1. The molecule has 0 saturated heterocycles. The van der Waals surface area contributed by atoms with Crippen LogP contribution in [0.25, 0.3) is 10.9 Å². The Morgan fingerprint density at radius 2 is 2.00 bits per heavy atom. The lowest BCUT2D eigenvalue weighted by Crippen LogP contribution is -2.10. The third-order valence-corrected chi connectivity index (χ3v) is 3.73. The minimum absolute atomic E-state index is 0.341. The Hall–Kier alpha value is -2.95. The number of para-hydroxylation sites is 1. The minimum Gasteiger partial charge on any atom is -0.494 e. The Morgan fingerprint density at radius 1 is 1.12 bits per heavy atom. The van der Waals surface area contributed by atoms with Gasteiger partial charge in [0, 0.05) is 17.8 Å². The monoisotopic (exact) mass is 322 g/mol. The molecule has 0 atom stereocenters. The standard InChI is InChI=1S/C19H18N2O3/c1-23-17-13-21-16-9-3-2-8-15(16)18(17)19(22)24-11-5-7-14-6-4-10-20-12-14/h2-4,6,8-10,12-13H,5,7,11H2,1H3. The van der Waals surface area contributed by atoms with Gasteiger partial charge in [-0.3, -0.25) is 9.97 Å². The van der Waals surface area contributed by atoms with Crippen molar-refractivity contribution in [2.24, 2.45) is 0 Å². The maximum Gasteiger partial charge on any atom is 0.342 e. The van der Waals surface area contributed by atoms with Crippen LogP contribution in [-0.4, -0.2) is 29.7 Å². The molecule has 0 spiro atoms. The fraction of sp³-hybridized carbons (Fsp3) is 0.211. The van der Waals surface area contributed by atoms with Crippen molar-refractivity contribution in [2.45, 2.75) is 12.8 Å². The number of aromatic nitrogens is 2. The van der Waals surface area contributed by atoms with Crippen LogP contribution >= 0.6 is 0 Å². The molecule has 0 bridgehead atoms. The maximum atomic E-state index is 12.5. The van der Waals surface area contributed by atoms with Gasteiger partial charge in [0.1, 0.15) is 5.56 Å². The lowest BCUT2D eigenvalue weighted by atomic mass is 10.1. The molecule has 24 heavy (non-hydrogen) atoms. The Morgan fingerprint density at radius 3 is 2.79 bits per heavy atom. The van der Waals surface area contributed by atoms with Crippen molar-refractivity contribution < 1.29 is 14.3 Å². The van der Waals surface area contributed by atoms with Crippen LogP contribution in [-0.2, 0) is 11.2 Å². The van der Waals surface area contributed by atoms with Crippen molar-refractivity contribution in [1.29, 1.82) is 0 Å². The normalized spacial score (nSPS) is 10.5. The average Bonchev–Trinajstić information content (AvgIpc) is 2.65. The molecule has 0 amide bonds. The number of methoxy groups -OCH3 is 1. The van der Waals surface area contributed by atoms with E-state index in [2.05, 4.69) is 9.97 Å². The second-order valence-electron chi connectivity index (χ2n) is 5.32. The molecule has 0 aliphatic heterocycles. The molecular formula is C19H18N2O3. The summed E-state index contributed by atoms with van der Waals surface area (Å²) in [7, 11) is 1.52. The smallest absolute Gasteiger partial charge is 0.342 e. The van der Waals surface area contributed by atoms with Gasteiger partial charge in [-0.1, -0.05) is 24.3 Å². The Labute approximate surface area is 140 Å². The van der Waals surface area contributed by atoms with Crippen LogP contribution in [0.5, 0.6) is 5.75 Å². The molecule has 5 nitrogen and oxygen atoms in total. The zero-order valence-corrected chi connectivity index (χ0v) is 13.4. The molecule has 122 valence electrons. The first-order chi connectivity index (χ1) is 11.8. The van der Waals surface area contributed by atoms with Crippen molar-refractivity contribution in [3.05, 3.63) is 66.1 Å². The fourth-order valence-electron chi connectivity index (χ4n) is 2.55. The number of hydrogen-bond acceptors (Lipinski definition) is 5. The van der Waals surface area contributed by atoms with Gasteiger partial charge in [-0.25, -0.2) is 4.79 Å². The van der Waals surface area contributed by atoms with E-state index in [-0.39, 0.29) is 0 Å². The van der Waals surface area contributed by atoms with Gasteiger partial charge in [0.05, 0.1) is 25.4 Å². The van der Waals surface area contributed by atoms with E-state index < -0.39 is 5.97 Å². The van der Waals surface area contributed by atoms with Crippen LogP contribution in [0, 0.1) is 0 Å². The number of esters is 1. The molecule has 0 radical (unpaired) electrons. The van der Waals surface area contributed by atoms with Gasteiger partial charge in [0.25, 0.3) is 0 Å². The highest BCUT2D eigenvalue weighted by Gasteiger charge is 2.18. The molecule has 0 unspecified atom stereocenters. The summed E-state index contributed by atoms with van der Waals surface area (Å²) in [4.78, 5) is 20.9. The molecule has 0 aliphatic carbocycles. The van der Waals surface area contributed by atoms with Crippen molar-refractivity contribution in [3.8, 4) is 5.75 Å². The number of rotatable bonds is 6. The number of aryl methyl sites for hydroxylation is 1. The van der Waals surface area contributed by atoms with Gasteiger partial charge < -0.3 is 9.47 Å². The predicted octanol–water partition coefficient (Wildman–Crippen LogP) is 3.43. The van der Waals surface area contributed by atoms with Gasteiger partial charge in [-0.05, 0) is 30.5 Å². The Bertz CT molecular complexity index is 834. The molecule has 0 aliphatic rings. The molecule has 0 fully saturated rings. The van der Waals surface area contributed by atoms with E-state index in [0.29, 0.717) is 17.9 Å². The van der Waals surface area contributed by atoms with E-state index in [4.69, 9.17) is 9.47 Å². The molecule has 2 heterocycles. The first-order valence-electron chi connectivity index (χ1n) is 7.77. The largest absolute Gasteiger partial charge is 0.494 e. The minimum atomic E-state index is -0.392. The quantitative estimate of drug-likeness (QED) is 0.514. The van der Waals surface area contributed by atoms with Gasteiger partial charge >= 0.3 is 5.97 Å². The van der Waals surface area contributed by atoms with Crippen molar-refractivity contribution in [3.63, 3.8) is 0 Å². The number of ether oxygens (including phenoxy) is 2. The Kier molecular flexibility index (Phi) is 5.01. The third-order valence-electron chi connectivity index (χ3n) is 3.73.